The summed E-state index contributed by atoms with van der Waals surface area (Å²) in [5, 5.41) is 7.51. The fraction of sp³-hybridized carbons (Fsp3) is 0. The Morgan fingerprint density at radius 3 is 2.22 bits per heavy atom. The minimum absolute atomic E-state index is 0.900. The van der Waals surface area contributed by atoms with Crippen molar-refractivity contribution < 1.29 is 4.42 Å². The summed E-state index contributed by atoms with van der Waals surface area (Å²) in [6.45, 7) is 0. The number of hydrogen-bond acceptors (Lipinski definition) is 2. The predicted molar refractivity (Wildman–Crippen MR) is 192 cm³/mol. The highest BCUT2D eigenvalue weighted by Gasteiger charge is 2.20. The van der Waals surface area contributed by atoms with E-state index in [4.69, 9.17) is 4.42 Å². The number of benzene rings is 7. The molecule has 210 valence electrons. The molecular formula is C42H25NOS. The van der Waals surface area contributed by atoms with Crippen LogP contribution in [0.5, 0.6) is 0 Å². The van der Waals surface area contributed by atoms with Gasteiger partial charge in [0.2, 0.25) is 0 Å². The first kappa shape index (κ1) is 24.8. The largest absolute Gasteiger partial charge is 0.454 e. The van der Waals surface area contributed by atoms with E-state index in [1.165, 1.54) is 53.2 Å². The van der Waals surface area contributed by atoms with Gasteiger partial charge in [0.1, 0.15) is 11.1 Å². The van der Waals surface area contributed by atoms with Gasteiger partial charge in [0.15, 0.2) is 5.58 Å². The SMILES string of the molecule is c1ccc(-n2c3ccccc3c3oc4ccc(-c5cccc(-c6cccc7sc8c9ccccc9ccc8c67)c5)cc4c32)cc1. The number of aromatic nitrogens is 1. The van der Waals surface area contributed by atoms with Crippen LogP contribution >= 0.6 is 11.3 Å². The topological polar surface area (TPSA) is 18.1 Å². The average molecular weight is 592 g/mol. The normalized spacial score (nSPS) is 12.0. The van der Waals surface area contributed by atoms with Crippen LogP contribution in [0.3, 0.4) is 0 Å². The molecule has 0 saturated carbocycles. The second-order valence-corrected chi connectivity index (χ2v) is 12.8. The Hall–Kier alpha value is -5.64. The third-order valence-corrected chi connectivity index (χ3v) is 10.4. The van der Waals surface area contributed by atoms with Crippen molar-refractivity contribution in [3.63, 3.8) is 0 Å². The molecule has 0 radical (unpaired) electrons. The molecule has 0 saturated heterocycles. The molecule has 3 heteroatoms. The maximum absolute atomic E-state index is 6.54. The molecule has 0 aliphatic rings. The highest BCUT2D eigenvalue weighted by atomic mass is 32.1. The lowest BCUT2D eigenvalue weighted by Crippen LogP contribution is -1.92. The summed E-state index contributed by atoms with van der Waals surface area (Å²) in [5.74, 6) is 0. The molecule has 2 nitrogen and oxygen atoms in total. The maximum atomic E-state index is 6.54. The van der Waals surface area contributed by atoms with Crippen molar-refractivity contribution in [1.82, 2.24) is 4.57 Å². The lowest BCUT2D eigenvalue weighted by atomic mass is 9.95. The third kappa shape index (κ3) is 3.62. The number of nitrogens with zero attached hydrogens (tertiary/aromatic N) is 1. The highest BCUT2D eigenvalue weighted by Crippen LogP contribution is 2.44. The Kier molecular flexibility index (Phi) is 5.19. The van der Waals surface area contributed by atoms with E-state index in [1.807, 2.05) is 11.3 Å². The monoisotopic (exact) mass is 591 g/mol. The lowest BCUT2D eigenvalue weighted by Gasteiger charge is -2.09. The van der Waals surface area contributed by atoms with Crippen molar-refractivity contribution in [2.45, 2.75) is 0 Å². The quantitative estimate of drug-likeness (QED) is 0.200. The van der Waals surface area contributed by atoms with Gasteiger partial charge in [0, 0.05) is 36.6 Å². The minimum Gasteiger partial charge on any atom is -0.454 e. The predicted octanol–water partition coefficient (Wildman–Crippen LogP) is 12.4. The van der Waals surface area contributed by atoms with Gasteiger partial charge in [-0.1, -0.05) is 103 Å². The van der Waals surface area contributed by atoms with Gasteiger partial charge in [-0.15, -0.1) is 11.3 Å². The molecule has 0 amide bonds. The van der Waals surface area contributed by atoms with E-state index in [0.29, 0.717) is 0 Å². The Bertz CT molecular complexity index is 2760. The van der Waals surface area contributed by atoms with E-state index in [0.717, 1.165) is 38.7 Å². The van der Waals surface area contributed by atoms with Gasteiger partial charge in [0.05, 0.1) is 5.52 Å². The maximum Gasteiger partial charge on any atom is 0.161 e. The van der Waals surface area contributed by atoms with Crippen LogP contribution in [0.15, 0.2) is 156 Å². The van der Waals surface area contributed by atoms with Gasteiger partial charge in [-0.3, -0.25) is 0 Å². The summed E-state index contributed by atoms with van der Waals surface area (Å²) in [5.41, 5.74) is 10.1. The molecule has 45 heavy (non-hydrogen) atoms. The molecule has 0 fully saturated rings. The zero-order valence-corrected chi connectivity index (χ0v) is 25.0. The molecule has 10 aromatic rings. The van der Waals surface area contributed by atoms with Crippen LogP contribution in [-0.2, 0) is 0 Å². The number of thiophene rings is 1. The molecule has 0 N–H and O–H groups in total. The van der Waals surface area contributed by atoms with E-state index in [-0.39, 0.29) is 0 Å². The number of rotatable bonds is 3. The molecule has 3 heterocycles. The molecule has 3 aromatic heterocycles. The molecule has 0 aliphatic carbocycles. The zero-order valence-electron chi connectivity index (χ0n) is 24.2. The van der Waals surface area contributed by atoms with Crippen LogP contribution in [0, 0.1) is 0 Å². The van der Waals surface area contributed by atoms with Crippen molar-refractivity contribution in [2.24, 2.45) is 0 Å². The minimum atomic E-state index is 0.900. The molecular weight excluding hydrogens is 567 g/mol. The molecule has 0 spiro atoms. The van der Waals surface area contributed by atoms with Crippen LogP contribution in [0.25, 0.3) is 91.9 Å². The number of para-hydroxylation sites is 2. The third-order valence-electron chi connectivity index (χ3n) is 9.18. The van der Waals surface area contributed by atoms with Crippen molar-refractivity contribution >= 4 is 75.3 Å². The molecule has 10 rings (SSSR count). The summed E-state index contributed by atoms with van der Waals surface area (Å²) in [7, 11) is 0. The number of hydrogen-bond donors (Lipinski definition) is 0. The Balaban J connectivity index is 1.18. The van der Waals surface area contributed by atoms with Crippen molar-refractivity contribution in [1.29, 1.82) is 0 Å². The Labute approximate surface area is 263 Å². The standard InChI is InChI=1S/C42H25NOS/c1-2-13-30(14-3-1)43-36-18-7-6-16-33(36)41-40(43)35-25-28(21-23-37(35)44-41)27-11-8-12-29(24-27)31-17-9-19-38-39(31)34-22-20-26-10-4-5-15-32(26)42(34)45-38/h1-25H. The molecule has 0 aliphatic heterocycles. The second-order valence-electron chi connectivity index (χ2n) is 11.7. The van der Waals surface area contributed by atoms with Gasteiger partial charge < -0.3 is 8.98 Å². The van der Waals surface area contributed by atoms with Crippen molar-refractivity contribution in [2.75, 3.05) is 0 Å². The summed E-state index contributed by atoms with van der Waals surface area (Å²) in [4.78, 5) is 0. The molecule has 0 atom stereocenters. The van der Waals surface area contributed by atoms with Gasteiger partial charge in [0.25, 0.3) is 0 Å². The van der Waals surface area contributed by atoms with Gasteiger partial charge in [-0.2, -0.15) is 0 Å². The van der Waals surface area contributed by atoms with Crippen LogP contribution in [0.1, 0.15) is 0 Å². The first-order valence-corrected chi connectivity index (χ1v) is 16.1. The Morgan fingerprint density at radius 1 is 0.511 bits per heavy atom. The van der Waals surface area contributed by atoms with E-state index < -0.39 is 0 Å². The smallest absolute Gasteiger partial charge is 0.161 e. The highest BCUT2D eigenvalue weighted by molar-refractivity contribution is 7.26. The van der Waals surface area contributed by atoms with Crippen LogP contribution < -0.4 is 0 Å². The fourth-order valence-corrected chi connectivity index (χ4v) is 8.42. The van der Waals surface area contributed by atoms with Crippen molar-refractivity contribution in [3.8, 4) is 27.9 Å². The Morgan fingerprint density at radius 2 is 1.29 bits per heavy atom. The first-order valence-electron chi connectivity index (χ1n) is 15.3. The van der Waals surface area contributed by atoms with Crippen LogP contribution in [0.2, 0.25) is 0 Å². The molecule has 0 bridgehead atoms. The summed E-state index contributed by atoms with van der Waals surface area (Å²) >= 11 is 1.89. The van der Waals surface area contributed by atoms with Crippen LogP contribution in [-0.4, -0.2) is 4.57 Å². The van der Waals surface area contributed by atoms with E-state index in [2.05, 4.69) is 156 Å². The second kappa shape index (κ2) is 9.43. The molecule has 0 unspecified atom stereocenters. The zero-order chi connectivity index (χ0) is 29.5. The fourth-order valence-electron chi connectivity index (χ4n) is 7.16. The number of furan rings is 1. The van der Waals surface area contributed by atoms with Gasteiger partial charge in [-0.25, -0.2) is 0 Å². The van der Waals surface area contributed by atoms with Gasteiger partial charge >= 0.3 is 0 Å². The summed E-state index contributed by atoms with van der Waals surface area (Å²) in [6, 6.07) is 54.6. The first-order chi connectivity index (χ1) is 22.3. The lowest BCUT2D eigenvalue weighted by molar-refractivity contribution is 0.673. The molecule has 7 aromatic carbocycles. The van der Waals surface area contributed by atoms with Gasteiger partial charge in [-0.05, 0) is 81.6 Å². The van der Waals surface area contributed by atoms with E-state index in [1.54, 1.807) is 0 Å². The van der Waals surface area contributed by atoms with E-state index in [9.17, 15) is 0 Å². The van der Waals surface area contributed by atoms with E-state index >= 15 is 0 Å². The summed E-state index contributed by atoms with van der Waals surface area (Å²) in [6.07, 6.45) is 0. The summed E-state index contributed by atoms with van der Waals surface area (Å²) < 4.78 is 11.6. The number of fused-ring (bicyclic) bond motifs is 10. The van der Waals surface area contributed by atoms with Crippen molar-refractivity contribution in [3.05, 3.63) is 152 Å². The van der Waals surface area contributed by atoms with Crippen LogP contribution in [0.4, 0.5) is 0 Å². The average Bonchev–Trinajstić information content (AvgIpc) is 3.77.